The normalized spacial score (nSPS) is 20.4. The molecule has 0 aliphatic carbocycles. The molecule has 4 aromatic rings. The van der Waals surface area contributed by atoms with Crippen LogP contribution >= 0.6 is 0 Å². The Morgan fingerprint density at radius 3 is 2.49 bits per heavy atom. The number of hydrogen-bond acceptors (Lipinski definition) is 9. The maximum absolute atomic E-state index is 12.8. The number of nitrogens with two attached hydrogens (primary N) is 1. The van der Waals surface area contributed by atoms with Gasteiger partial charge in [0.15, 0.2) is 23.9 Å². The number of rotatable bonds is 6. The van der Waals surface area contributed by atoms with Crippen molar-refractivity contribution in [1.82, 2.24) is 34.4 Å². The topological polar surface area (TPSA) is 161 Å². The maximum atomic E-state index is 12.8. The lowest BCUT2D eigenvalue weighted by Gasteiger charge is -2.39. The summed E-state index contributed by atoms with van der Waals surface area (Å²) in [6.45, 7) is 2.52. The highest BCUT2D eigenvalue weighted by molar-refractivity contribution is 6.00. The predicted octanol–water partition coefficient (Wildman–Crippen LogP) is 2.77. The average Bonchev–Trinajstić information content (AvgIpc) is 3.65. The number of carbonyl (C=O) groups excluding carboxylic acids is 3. The predicted molar refractivity (Wildman–Crippen MR) is 140 cm³/mol. The van der Waals surface area contributed by atoms with Crippen molar-refractivity contribution in [2.75, 3.05) is 12.3 Å². The van der Waals surface area contributed by atoms with E-state index in [1.54, 1.807) is 24.8 Å². The third-order valence-electron chi connectivity index (χ3n) is 7.68. The first kappa shape index (κ1) is 24.7. The molecule has 6 heterocycles. The van der Waals surface area contributed by atoms with Crippen LogP contribution in [0.4, 0.5) is 5.82 Å². The Kier molecular flexibility index (Phi) is 6.09. The molecule has 2 fully saturated rings. The molecular formula is C27H28N8O4. The van der Waals surface area contributed by atoms with Gasteiger partial charge in [0.05, 0.1) is 17.5 Å². The van der Waals surface area contributed by atoms with Crippen molar-refractivity contribution < 1.29 is 19.1 Å². The number of nitrogens with zero attached hydrogens (tertiary/aromatic N) is 6. The molecule has 0 saturated carbocycles. The second-order valence-electron chi connectivity index (χ2n) is 10.1. The van der Waals surface area contributed by atoms with Crippen LogP contribution in [0.25, 0.3) is 28.3 Å². The maximum Gasteiger partial charge on any atom is 0.303 e. The number of imidazole rings is 1. The molecule has 1 amide bonds. The first-order valence-corrected chi connectivity index (χ1v) is 12.9. The van der Waals surface area contributed by atoms with Crippen LogP contribution in [0.2, 0.25) is 0 Å². The Bertz CT molecular complexity index is 1560. The van der Waals surface area contributed by atoms with Gasteiger partial charge in [0.1, 0.15) is 11.5 Å². The Balaban J connectivity index is 1.35. The van der Waals surface area contributed by atoms with Gasteiger partial charge in [-0.15, -0.1) is 0 Å². The number of nitrogen functional groups attached to an aromatic ring is 1. The highest BCUT2D eigenvalue weighted by Gasteiger charge is 2.45. The lowest BCUT2D eigenvalue weighted by atomic mass is 9.85. The standard InChI is InChI=1S/C27H28N8O4/c1-14(36)23-24(17-9-18-4-5-19(10-17)34(18)22(38)13-39-15(2)37)33-27-20(12-32-35(27)25(23)28)16-3-6-21(31-11-16)26-29-7-8-30-26/h3,6-8,11-12,17-19H,4-5,9-10,13,28H2,1-2H3,(H,29,30)/t17-,18-,19+. The minimum atomic E-state index is -0.480. The number of piperidine rings is 1. The highest BCUT2D eigenvalue weighted by Crippen LogP contribution is 2.44. The van der Waals surface area contributed by atoms with Crippen LogP contribution in [-0.2, 0) is 14.3 Å². The van der Waals surface area contributed by atoms with Crippen LogP contribution in [0, 0.1) is 0 Å². The Labute approximate surface area is 223 Å². The van der Waals surface area contributed by atoms with Crippen molar-refractivity contribution in [2.45, 2.75) is 57.5 Å². The van der Waals surface area contributed by atoms with E-state index in [1.807, 2.05) is 17.0 Å². The van der Waals surface area contributed by atoms with Crippen molar-refractivity contribution in [3.63, 3.8) is 0 Å². The molecule has 12 heteroatoms. The molecule has 3 N–H and O–H groups in total. The SMILES string of the molecule is CC(=O)OCC(=O)N1[C@@H]2CC[C@H]1C[C@H](c1nc3c(-c4ccc(-c5ncc[nH]5)nc4)cnn3c(N)c1C(C)=O)C2. The minimum absolute atomic E-state index is 0.0152. The quantitative estimate of drug-likeness (QED) is 0.283. The molecule has 2 saturated heterocycles. The molecule has 39 heavy (non-hydrogen) atoms. The molecule has 0 radical (unpaired) electrons. The van der Waals surface area contributed by atoms with E-state index in [1.165, 1.54) is 18.4 Å². The molecule has 200 valence electrons. The Morgan fingerprint density at radius 2 is 1.87 bits per heavy atom. The van der Waals surface area contributed by atoms with Gasteiger partial charge in [0.2, 0.25) is 0 Å². The highest BCUT2D eigenvalue weighted by atomic mass is 16.5. The lowest BCUT2D eigenvalue weighted by molar-refractivity contribution is -0.152. The number of hydrogen-bond donors (Lipinski definition) is 2. The molecule has 2 aliphatic rings. The Morgan fingerprint density at radius 1 is 1.10 bits per heavy atom. The molecule has 3 atom stereocenters. The summed E-state index contributed by atoms with van der Waals surface area (Å²) in [4.78, 5) is 55.5. The van der Waals surface area contributed by atoms with Crippen LogP contribution in [0.15, 0.2) is 36.9 Å². The zero-order valence-electron chi connectivity index (χ0n) is 21.6. The van der Waals surface area contributed by atoms with Crippen molar-refractivity contribution in [3.05, 3.63) is 48.2 Å². The summed E-state index contributed by atoms with van der Waals surface area (Å²) in [5.74, 6) is 0.00781. The van der Waals surface area contributed by atoms with Crippen molar-refractivity contribution in [1.29, 1.82) is 0 Å². The van der Waals surface area contributed by atoms with E-state index in [2.05, 4.69) is 20.1 Å². The first-order valence-electron chi connectivity index (χ1n) is 12.9. The summed E-state index contributed by atoms with van der Waals surface area (Å²) in [7, 11) is 0. The second kappa shape index (κ2) is 9.61. The van der Waals surface area contributed by atoms with E-state index < -0.39 is 5.97 Å². The molecule has 6 rings (SSSR count). The summed E-state index contributed by atoms with van der Waals surface area (Å²) in [6, 6.07) is 3.76. The largest absolute Gasteiger partial charge is 0.456 e. The summed E-state index contributed by atoms with van der Waals surface area (Å²) < 4.78 is 6.46. The molecule has 0 unspecified atom stereocenters. The first-order chi connectivity index (χ1) is 18.8. The molecule has 12 nitrogen and oxygen atoms in total. The van der Waals surface area contributed by atoms with Gasteiger partial charge in [-0.25, -0.2) is 9.97 Å². The molecule has 4 aromatic heterocycles. The third kappa shape index (κ3) is 4.31. The van der Waals surface area contributed by atoms with Crippen LogP contribution < -0.4 is 5.73 Å². The second-order valence-corrected chi connectivity index (χ2v) is 10.1. The Hall–Kier alpha value is -4.61. The van der Waals surface area contributed by atoms with E-state index in [9.17, 15) is 14.4 Å². The monoisotopic (exact) mass is 528 g/mol. The minimum Gasteiger partial charge on any atom is -0.456 e. The van der Waals surface area contributed by atoms with E-state index in [-0.39, 0.29) is 42.1 Å². The smallest absolute Gasteiger partial charge is 0.303 e. The van der Waals surface area contributed by atoms with Gasteiger partial charge in [-0.05, 0) is 38.7 Å². The van der Waals surface area contributed by atoms with Crippen molar-refractivity contribution in [3.8, 4) is 22.6 Å². The van der Waals surface area contributed by atoms with Gasteiger partial charge in [0.25, 0.3) is 5.91 Å². The number of H-pyrrole nitrogens is 1. The zero-order chi connectivity index (χ0) is 27.3. The van der Waals surface area contributed by atoms with Gasteiger partial charge >= 0.3 is 5.97 Å². The van der Waals surface area contributed by atoms with Crippen LogP contribution in [0.3, 0.4) is 0 Å². The van der Waals surface area contributed by atoms with E-state index in [4.69, 9.17) is 15.5 Å². The molecular weight excluding hydrogens is 500 g/mol. The van der Waals surface area contributed by atoms with Crippen LogP contribution in [-0.4, -0.2) is 70.8 Å². The number of aromatic amines is 1. The number of aromatic nitrogens is 6. The molecule has 2 bridgehead atoms. The summed E-state index contributed by atoms with van der Waals surface area (Å²) in [5.41, 5.74) is 10.3. The number of fused-ring (bicyclic) bond motifs is 3. The van der Waals surface area contributed by atoms with Crippen LogP contribution in [0.5, 0.6) is 0 Å². The zero-order valence-corrected chi connectivity index (χ0v) is 21.6. The summed E-state index contributed by atoms with van der Waals surface area (Å²) in [5, 5.41) is 4.44. The molecule has 2 aliphatic heterocycles. The number of Topliss-reactive ketones (excluding diaryl/α,β-unsaturated/α-hetero) is 1. The lowest BCUT2D eigenvalue weighted by Crippen LogP contribution is -2.48. The average molecular weight is 529 g/mol. The van der Waals surface area contributed by atoms with Crippen molar-refractivity contribution >= 4 is 29.1 Å². The van der Waals surface area contributed by atoms with Crippen molar-refractivity contribution in [2.24, 2.45) is 0 Å². The van der Waals surface area contributed by atoms with Gasteiger partial charge in [-0.2, -0.15) is 9.61 Å². The van der Waals surface area contributed by atoms with E-state index in [0.717, 1.165) is 24.0 Å². The number of ether oxygens (including phenoxy) is 1. The molecule has 0 spiro atoms. The summed E-state index contributed by atoms with van der Waals surface area (Å²) >= 11 is 0. The van der Waals surface area contributed by atoms with Gasteiger partial charge in [-0.3, -0.25) is 19.4 Å². The van der Waals surface area contributed by atoms with Gasteiger partial charge < -0.3 is 20.4 Å². The van der Waals surface area contributed by atoms with E-state index in [0.29, 0.717) is 41.3 Å². The molecule has 0 aromatic carbocycles. The number of esters is 1. The number of amides is 1. The van der Waals surface area contributed by atoms with E-state index >= 15 is 0 Å². The fourth-order valence-corrected chi connectivity index (χ4v) is 6.04. The number of ketones is 1. The van der Waals surface area contributed by atoms with Gasteiger partial charge in [-0.1, -0.05) is 6.07 Å². The third-order valence-corrected chi connectivity index (χ3v) is 7.68. The number of pyridine rings is 1. The number of anilines is 1. The number of nitrogens with one attached hydrogen (secondary N) is 1. The number of carbonyl (C=O) groups is 3. The van der Waals surface area contributed by atoms with Gasteiger partial charge in [0, 0.05) is 54.6 Å². The fraction of sp³-hybridized carbons (Fsp3) is 0.370. The summed E-state index contributed by atoms with van der Waals surface area (Å²) in [6.07, 6.45) is 9.82. The fourth-order valence-electron chi connectivity index (χ4n) is 6.04. The van der Waals surface area contributed by atoms with Crippen LogP contribution in [0.1, 0.15) is 61.5 Å².